The van der Waals surface area contributed by atoms with Gasteiger partial charge < -0.3 is 15.2 Å². The summed E-state index contributed by atoms with van der Waals surface area (Å²) < 4.78 is 0. The summed E-state index contributed by atoms with van der Waals surface area (Å²) in [6, 6.07) is 3.73. The van der Waals surface area contributed by atoms with Gasteiger partial charge in [-0.25, -0.2) is 0 Å². The fourth-order valence-electron chi connectivity index (χ4n) is 3.73. The Morgan fingerprint density at radius 1 is 1.21 bits per heavy atom. The molecule has 0 radical (unpaired) electrons. The van der Waals surface area contributed by atoms with Gasteiger partial charge in [0, 0.05) is 24.0 Å². The number of benzene rings is 1. The van der Waals surface area contributed by atoms with E-state index < -0.39 is 6.04 Å². The molecule has 5 heteroatoms. The monoisotopic (exact) mass is 327 g/mol. The van der Waals surface area contributed by atoms with Crippen molar-refractivity contribution in [2.24, 2.45) is 5.92 Å². The zero-order valence-corrected chi connectivity index (χ0v) is 15.0. The van der Waals surface area contributed by atoms with E-state index in [1.165, 1.54) is 0 Å². The van der Waals surface area contributed by atoms with Gasteiger partial charge in [-0.2, -0.15) is 0 Å². The molecule has 1 aromatic carbocycles. The van der Waals surface area contributed by atoms with Crippen molar-refractivity contribution < 1.29 is 9.59 Å². The molecule has 24 heavy (non-hydrogen) atoms. The second-order valence-electron chi connectivity index (χ2n) is 7.05. The molecule has 0 unspecified atom stereocenters. The van der Waals surface area contributed by atoms with Gasteiger partial charge in [-0.1, -0.05) is 26.0 Å². The number of carbonyl (C=O) groups is 2. The van der Waals surface area contributed by atoms with Crippen LogP contribution in [0.15, 0.2) is 12.1 Å². The molecule has 0 bridgehead atoms. The van der Waals surface area contributed by atoms with E-state index in [1.807, 2.05) is 27.7 Å². The van der Waals surface area contributed by atoms with Crippen LogP contribution in [0.4, 0.5) is 0 Å². The smallest absolute Gasteiger partial charge is 0.271 e. The number of piperazine rings is 1. The molecule has 1 saturated heterocycles. The van der Waals surface area contributed by atoms with E-state index in [9.17, 15) is 9.59 Å². The molecule has 1 aromatic heterocycles. The maximum atomic E-state index is 13.2. The fraction of sp³-hybridized carbons (Fsp3) is 0.474. The minimum Gasteiger partial charge on any atom is -0.353 e. The Hall–Kier alpha value is -2.30. The maximum absolute atomic E-state index is 13.2. The van der Waals surface area contributed by atoms with E-state index in [1.54, 1.807) is 4.90 Å². The van der Waals surface area contributed by atoms with Crippen LogP contribution in [-0.4, -0.2) is 40.8 Å². The van der Waals surface area contributed by atoms with Gasteiger partial charge in [0.25, 0.3) is 5.91 Å². The molecule has 0 saturated carbocycles. The van der Waals surface area contributed by atoms with Crippen molar-refractivity contribution in [2.75, 3.05) is 13.1 Å². The minimum atomic E-state index is -0.417. The zero-order valence-electron chi connectivity index (χ0n) is 15.0. The molecule has 2 aromatic rings. The molecule has 3 rings (SSSR count). The van der Waals surface area contributed by atoms with E-state index >= 15 is 0 Å². The highest BCUT2D eigenvalue weighted by atomic mass is 16.2. The topological polar surface area (TPSA) is 65.2 Å². The summed E-state index contributed by atoms with van der Waals surface area (Å²) >= 11 is 0. The Morgan fingerprint density at radius 3 is 2.50 bits per heavy atom. The lowest BCUT2D eigenvalue weighted by Gasteiger charge is -2.37. The molecule has 2 amide bonds. The standard InChI is InChI=1S/C19H25N3O2/c1-10(2)17-18(23)20-8-9-22(17)19(24)16-13(5)14-11(3)6-7-12(4)15(14)21-16/h6-7,10,17,21H,8-9H2,1-5H3,(H,20,23)/t17-/m1/s1. The van der Waals surface area contributed by atoms with Gasteiger partial charge in [0.15, 0.2) is 0 Å². The third kappa shape index (κ3) is 2.48. The van der Waals surface area contributed by atoms with E-state index in [4.69, 9.17) is 0 Å². The average molecular weight is 327 g/mol. The number of hydrogen-bond acceptors (Lipinski definition) is 2. The first kappa shape index (κ1) is 16.6. The SMILES string of the molecule is Cc1ccc(C)c2c(C)c(C(=O)N3CCNC(=O)[C@H]3C(C)C)[nH]c12. The second-order valence-corrected chi connectivity index (χ2v) is 7.05. The Labute approximate surface area is 142 Å². The normalized spacial score (nSPS) is 18.3. The number of rotatable bonds is 2. The van der Waals surface area contributed by atoms with Crippen molar-refractivity contribution in [3.63, 3.8) is 0 Å². The Kier molecular flexibility index (Phi) is 4.11. The van der Waals surface area contributed by atoms with Gasteiger partial charge in [-0.05, 0) is 43.4 Å². The van der Waals surface area contributed by atoms with Gasteiger partial charge in [0.05, 0.1) is 0 Å². The number of fused-ring (bicyclic) bond motifs is 1. The quantitative estimate of drug-likeness (QED) is 0.891. The molecule has 128 valence electrons. The molecule has 1 fully saturated rings. The van der Waals surface area contributed by atoms with Gasteiger partial charge in [-0.15, -0.1) is 0 Å². The van der Waals surface area contributed by atoms with Crippen LogP contribution in [0.3, 0.4) is 0 Å². The summed E-state index contributed by atoms with van der Waals surface area (Å²) in [6.45, 7) is 11.1. The molecule has 2 heterocycles. The maximum Gasteiger partial charge on any atom is 0.271 e. The van der Waals surface area contributed by atoms with E-state index in [2.05, 4.69) is 29.4 Å². The summed E-state index contributed by atoms with van der Waals surface area (Å²) in [4.78, 5) is 30.5. The molecule has 1 aliphatic heterocycles. The van der Waals surface area contributed by atoms with Crippen LogP contribution in [-0.2, 0) is 4.79 Å². The van der Waals surface area contributed by atoms with Crippen LogP contribution >= 0.6 is 0 Å². The highest BCUT2D eigenvalue weighted by Gasteiger charge is 2.36. The van der Waals surface area contributed by atoms with Crippen LogP contribution in [0.2, 0.25) is 0 Å². The lowest BCUT2D eigenvalue weighted by molar-refractivity contribution is -0.129. The largest absolute Gasteiger partial charge is 0.353 e. The van der Waals surface area contributed by atoms with Crippen LogP contribution in [0.1, 0.15) is 41.0 Å². The van der Waals surface area contributed by atoms with Gasteiger partial charge in [-0.3, -0.25) is 9.59 Å². The number of aromatic nitrogens is 1. The number of H-pyrrole nitrogens is 1. The average Bonchev–Trinajstić information content (AvgIpc) is 2.88. The number of hydrogen-bond donors (Lipinski definition) is 2. The van der Waals surface area contributed by atoms with Crippen molar-refractivity contribution in [1.29, 1.82) is 0 Å². The van der Waals surface area contributed by atoms with Crippen molar-refractivity contribution in [3.05, 3.63) is 34.5 Å². The number of aryl methyl sites for hydroxylation is 3. The van der Waals surface area contributed by atoms with Crippen LogP contribution in [0.5, 0.6) is 0 Å². The molecular weight excluding hydrogens is 302 g/mol. The molecular formula is C19H25N3O2. The number of aromatic amines is 1. The summed E-state index contributed by atoms with van der Waals surface area (Å²) in [5, 5.41) is 3.98. The summed E-state index contributed by atoms with van der Waals surface area (Å²) in [6.07, 6.45) is 0. The summed E-state index contributed by atoms with van der Waals surface area (Å²) in [5.74, 6) is -0.0795. The van der Waals surface area contributed by atoms with Gasteiger partial charge in [0.2, 0.25) is 5.91 Å². The van der Waals surface area contributed by atoms with Crippen molar-refractivity contribution in [1.82, 2.24) is 15.2 Å². The second kappa shape index (κ2) is 5.96. The molecule has 0 spiro atoms. The predicted molar refractivity (Wildman–Crippen MR) is 95.2 cm³/mol. The van der Waals surface area contributed by atoms with Crippen LogP contribution < -0.4 is 5.32 Å². The van der Waals surface area contributed by atoms with E-state index in [0.29, 0.717) is 18.8 Å². The summed E-state index contributed by atoms with van der Waals surface area (Å²) in [5.41, 5.74) is 4.85. The number of amides is 2. The Bertz CT molecular complexity index is 820. The van der Waals surface area contributed by atoms with Crippen LogP contribution in [0.25, 0.3) is 10.9 Å². The van der Waals surface area contributed by atoms with Crippen molar-refractivity contribution in [3.8, 4) is 0 Å². The van der Waals surface area contributed by atoms with E-state index in [0.717, 1.165) is 27.6 Å². The Balaban J connectivity index is 2.08. The number of nitrogens with one attached hydrogen (secondary N) is 2. The number of nitrogens with zero attached hydrogens (tertiary/aromatic N) is 1. The number of carbonyl (C=O) groups excluding carboxylic acids is 2. The van der Waals surface area contributed by atoms with Crippen molar-refractivity contribution in [2.45, 2.75) is 40.7 Å². The third-order valence-corrected chi connectivity index (χ3v) is 4.98. The lowest BCUT2D eigenvalue weighted by Crippen LogP contribution is -2.59. The lowest BCUT2D eigenvalue weighted by atomic mass is 9.98. The molecule has 1 atom stereocenters. The molecule has 1 aliphatic rings. The minimum absolute atomic E-state index is 0.0641. The third-order valence-electron chi connectivity index (χ3n) is 4.98. The van der Waals surface area contributed by atoms with Crippen LogP contribution in [0, 0.1) is 26.7 Å². The first-order valence-electron chi connectivity index (χ1n) is 8.50. The van der Waals surface area contributed by atoms with Crippen molar-refractivity contribution >= 4 is 22.7 Å². The fourth-order valence-corrected chi connectivity index (χ4v) is 3.73. The molecule has 5 nitrogen and oxygen atoms in total. The highest BCUT2D eigenvalue weighted by molar-refractivity contribution is 6.04. The molecule has 0 aliphatic carbocycles. The first-order chi connectivity index (χ1) is 11.3. The summed E-state index contributed by atoms with van der Waals surface area (Å²) in [7, 11) is 0. The first-order valence-corrected chi connectivity index (χ1v) is 8.50. The Morgan fingerprint density at radius 2 is 1.88 bits per heavy atom. The predicted octanol–water partition coefficient (Wildman–Crippen LogP) is 2.69. The van der Waals surface area contributed by atoms with E-state index in [-0.39, 0.29) is 17.7 Å². The highest BCUT2D eigenvalue weighted by Crippen LogP contribution is 2.29. The molecule has 2 N–H and O–H groups in total. The zero-order chi connectivity index (χ0) is 17.6. The van der Waals surface area contributed by atoms with Gasteiger partial charge >= 0.3 is 0 Å². The van der Waals surface area contributed by atoms with Gasteiger partial charge in [0.1, 0.15) is 11.7 Å².